The summed E-state index contributed by atoms with van der Waals surface area (Å²) in [5.41, 5.74) is 0.270. The maximum atomic E-state index is 12.9. The Labute approximate surface area is 132 Å². The van der Waals surface area contributed by atoms with Gasteiger partial charge >= 0.3 is 0 Å². The fourth-order valence-corrected chi connectivity index (χ4v) is 8.96. The zero-order valence-electron chi connectivity index (χ0n) is 13.0. The highest BCUT2D eigenvalue weighted by molar-refractivity contribution is 7.92. The number of hydrogen-bond acceptors (Lipinski definition) is 3. The minimum atomic E-state index is -2.90. The van der Waals surface area contributed by atoms with Gasteiger partial charge in [0.25, 0.3) is 0 Å². The second kappa shape index (κ2) is 4.28. The van der Waals surface area contributed by atoms with Crippen LogP contribution in [-0.2, 0) is 14.6 Å². The van der Waals surface area contributed by atoms with Gasteiger partial charge in [0, 0.05) is 19.0 Å². The molecule has 5 heteroatoms. The van der Waals surface area contributed by atoms with E-state index >= 15 is 0 Å². The Balaban J connectivity index is 1.32. The topological polar surface area (TPSA) is 54.5 Å². The number of carbonyl (C=O) groups is 1. The first-order valence-electron chi connectivity index (χ1n) is 8.93. The van der Waals surface area contributed by atoms with Gasteiger partial charge in [0.1, 0.15) is 0 Å². The molecule has 4 aliphatic carbocycles. The summed E-state index contributed by atoms with van der Waals surface area (Å²) in [5.74, 6) is 3.08. The average molecular weight is 323 g/mol. The van der Waals surface area contributed by atoms with Crippen LogP contribution in [0.1, 0.15) is 51.4 Å². The summed E-state index contributed by atoms with van der Waals surface area (Å²) in [6.07, 6.45) is 9.36. The second-order valence-electron chi connectivity index (χ2n) is 8.98. The molecule has 4 nitrogen and oxygen atoms in total. The third-order valence-electron chi connectivity index (χ3n) is 7.32. The van der Waals surface area contributed by atoms with Gasteiger partial charge in [0.05, 0.1) is 11.0 Å². The molecule has 0 aromatic heterocycles. The molecule has 2 atom stereocenters. The van der Waals surface area contributed by atoms with E-state index in [0.29, 0.717) is 19.4 Å². The van der Waals surface area contributed by atoms with E-state index in [0.717, 1.165) is 17.8 Å². The molecular formula is C17H25NO3S. The zero-order valence-corrected chi connectivity index (χ0v) is 13.9. The van der Waals surface area contributed by atoms with E-state index in [4.69, 9.17) is 0 Å². The molecule has 22 heavy (non-hydrogen) atoms. The van der Waals surface area contributed by atoms with Crippen molar-refractivity contribution in [1.29, 1.82) is 0 Å². The van der Waals surface area contributed by atoms with Crippen LogP contribution in [0.4, 0.5) is 0 Å². The number of fused-ring (bicyclic) bond motifs is 2. The van der Waals surface area contributed by atoms with Gasteiger partial charge < -0.3 is 4.90 Å². The Kier molecular flexibility index (Phi) is 2.69. The van der Waals surface area contributed by atoms with Gasteiger partial charge in [0.2, 0.25) is 5.91 Å². The molecule has 0 aromatic carbocycles. The van der Waals surface area contributed by atoms with Crippen LogP contribution in [0.2, 0.25) is 0 Å². The minimum absolute atomic E-state index is 0.0172. The normalized spacial score (nSPS) is 50.7. The SMILES string of the molecule is O=C(CC12CC3CC(CC(C3)C1)C2)N1CC2CC1CS2(=O)=O. The molecular weight excluding hydrogens is 298 g/mol. The number of rotatable bonds is 2. The summed E-state index contributed by atoms with van der Waals surface area (Å²) in [7, 11) is -2.90. The van der Waals surface area contributed by atoms with Gasteiger partial charge in [-0.25, -0.2) is 8.42 Å². The summed E-state index contributed by atoms with van der Waals surface area (Å²) in [4.78, 5) is 14.8. The highest BCUT2D eigenvalue weighted by Gasteiger charge is 2.54. The third kappa shape index (κ3) is 1.93. The Morgan fingerprint density at radius 2 is 1.59 bits per heavy atom. The van der Waals surface area contributed by atoms with Crippen molar-refractivity contribution in [2.24, 2.45) is 23.2 Å². The van der Waals surface area contributed by atoms with Crippen molar-refractivity contribution < 1.29 is 13.2 Å². The van der Waals surface area contributed by atoms with Crippen LogP contribution in [-0.4, -0.2) is 42.8 Å². The molecule has 2 aliphatic heterocycles. The predicted molar refractivity (Wildman–Crippen MR) is 82.9 cm³/mol. The van der Waals surface area contributed by atoms with Crippen LogP contribution in [0.25, 0.3) is 0 Å². The fraction of sp³-hybridized carbons (Fsp3) is 0.941. The van der Waals surface area contributed by atoms with Crippen molar-refractivity contribution >= 4 is 15.7 Å². The predicted octanol–water partition coefficient (Wildman–Crippen LogP) is 1.99. The van der Waals surface area contributed by atoms with Crippen LogP contribution in [0.5, 0.6) is 0 Å². The molecule has 0 aromatic rings. The van der Waals surface area contributed by atoms with Gasteiger partial charge in [-0.3, -0.25) is 4.79 Å². The Bertz CT molecular complexity index is 591. The van der Waals surface area contributed by atoms with Crippen molar-refractivity contribution in [3.05, 3.63) is 0 Å². The number of sulfone groups is 1. The number of nitrogens with zero attached hydrogens (tertiary/aromatic N) is 1. The largest absolute Gasteiger partial charge is 0.337 e. The Morgan fingerprint density at radius 3 is 2.05 bits per heavy atom. The molecule has 0 N–H and O–H groups in total. The summed E-state index contributed by atoms with van der Waals surface area (Å²) in [6.45, 7) is 0.470. The maximum Gasteiger partial charge on any atom is 0.223 e. The molecule has 4 saturated carbocycles. The molecule has 122 valence electrons. The quantitative estimate of drug-likeness (QED) is 0.781. The Hall–Kier alpha value is -0.580. The van der Waals surface area contributed by atoms with Gasteiger partial charge in [-0.05, 0) is 68.1 Å². The molecule has 0 radical (unpaired) electrons. The molecule has 6 aliphatic rings. The fourth-order valence-electron chi connectivity index (χ4n) is 6.93. The summed E-state index contributed by atoms with van der Waals surface area (Å²) >= 11 is 0. The van der Waals surface area contributed by atoms with E-state index in [1.54, 1.807) is 0 Å². The van der Waals surface area contributed by atoms with Crippen molar-refractivity contribution in [3.8, 4) is 0 Å². The first kappa shape index (κ1) is 13.8. The highest BCUT2D eigenvalue weighted by atomic mass is 32.2. The van der Waals surface area contributed by atoms with E-state index < -0.39 is 9.84 Å². The molecule has 6 rings (SSSR count). The lowest BCUT2D eigenvalue weighted by atomic mass is 9.49. The van der Waals surface area contributed by atoms with E-state index in [-0.39, 0.29) is 28.4 Å². The Morgan fingerprint density at radius 1 is 1.00 bits per heavy atom. The van der Waals surface area contributed by atoms with E-state index in [1.807, 2.05) is 4.90 Å². The molecule has 0 spiro atoms. The van der Waals surface area contributed by atoms with Crippen molar-refractivity contribution in [2.45, 2.75) is 62.7 Å². The van der Waals surface area contributed by atoms with Crippen LogP contribution < -0.4 is 0 Å². The lowest BCUT2D eigenvalue weighted by molar-refractivity contribution is -0.140. The molecule has 2 heterocycles. The van der Waals surface area contributed by atoms with Gasteiger partial charge in [-0.2, -0.15) is 0 Å². The van der Waals surface area contributed by atoms with Gasteiger partial charge in [0.15, 0.2) is 9.84 Å². The molecule has 6 fully saturated rings. The number of likely N-dealkylation sites (tertiary alicyclic amines) is 1. The van der Waals surface area contributed by atoms with Gasteiger partial charge in [-0.15, -0.1) is 0 Å². The molecule has 2 unspecified atom stereocenters. The lowest BCUT2D eigenvalue weighted by Gasteiger charge is -2.57. The minimum Gasteiger partial charge on any atom is -0.337 e. The highest BCUT2D eigenvalue weighted by Crippen LogP contribution is 2.61. The van der Waals surface area contributed by atoms with Crippen molar-refractivity contribution in [2.75, 3.05) is 12.3 Å². The first-order valence-corrected chi connectivity index (χ1v) is 10.7. The van der Waals surface area contributed by atoms with Crippen LogP contribution in [0, 0.1) is 23.2 Å². The number of hydrogen-bond donors (Lipinski definition) is 0. The summed E-state index contributed by atoms with van der Waals surface area (Å²) < 4.78 is 23.7. The van der Waals surface area contributed by atoms with E-state index in [1.165, 1.54) is 38.5 Å². The molecule has 2 saturated heterocycles. The number of carbonyl (C=O) groups excluding carboxylic acids is 1. The van der Waals surface area contributed by atoms with Crippen molar-refractivity contribution in [1.82, 2.24) is 4.90 Å². The standard InChI is InChI=1S/C17H25NO3S/c19-16(18-9-15-4-14(18)10-22(15,20)21)8-17-5-11-1-12(6-17)3-13(2-11)7-17/h11-15H,1-10H2. The van der Waals surface area contributed by atoms with Gasteiger partial charge in [-0.1, -0.05) is 0 Å². The molecule has 1 amide bonds. The van der Waals surface area contributed by atoms with E-state index in [9.17, 15) is 13.2 Å². The third-order valence-corrected chi connectivity index (χ3v) is 9.53. The molecule has 6 bridgehead atoms. The van der Waals surface area contributed by atoms with Crippen LogP contribution in [0.3, 0.4) is 0 Å². The van der Waals surface area contributed by atoms with E-state index in [2.05, 4.69) is 0 Å². The zero-order chi connectivity index (χ0) is 15.1. The maximum absolute atomic E-state index is 12.9. The second-order valence-corrected chi connectivity index (χ2v) is 11.3. The number of amides is 1. The summed E-state index contributed by atoms with van der Waals surface area (Å²) in [5, 5.41) is -0.266. The average Bonchev–Trinajstić information content (AvgIpc) is 2.91. The van der Waals surface area contributed by atoms with Crippen molar-refractivity contribution in [3.63, 3.8) is 0 Å². The van der Waals surface area contributed by atoms with Crippen LogP contribution >= 0.6 is 0 Å². The summed E-state index contributed by atoms with van der Waals surface area (Å²) in [6, 6.07) is -0.0172. The first-order chi connectivity index (χ1) is 10.4. The van der Waals surface area contributed by atoms with Crippen LogP contribution in [0.15, 0.2) is 0 Å². The smallest absolute Gasteiger partial charge is 0.223 e. The monoisotopic (exact) mass is 323 g/mol. The lowest BCUT2D eigenvalue weighted by Crippen LogP contribution is -2.50.